The summed E-state index contributed by atoms with van der Waals surface area (Å²) in [6.45, 7) is 0. The minimum atomic E-state index is -1.83. The summed E-state index contributed by atoms with van der Waals surface area (Å²) in [5.41, 5.74) is 3.64. The Morgan fingerprint density at radius 1 is 1.79 bits per heavy atom. The molecule has 7 heteroatoms. The first-order chi connectivity index (χ1) is 6.48. The molecule has 1 amide bonds. The number of hydrogen-bond donors (Lipinski definition) is 3. The number of aliphatic hydroxyl groups is 1. The molecule has 2 heterocycles. The van der Waals surface area contributed by atoms with Crippen LogP contribution in [-0.4, -0.2) is 43.7 Å². The van der Waals surface area contributed by atoms with Gasteiger partial charge in [-0.05, 0) is 0 Å². The van der Waals surface area contributed by atoms with Crippen LogP contribution in [0.4, 0.5) is 0 Å². The predicted molar refractivity (Wildman–Crippen MR) is 48.4 cm³/mol. The second-order valence-electron chi connectivity index (χ2n) is 3.17. The van der Waals surface area contributed by atoms with Crippen LogP contribution in [0, 0.1) is 0 Å². The summed E-state index contributed by atoms with van der Waals surface area (Å²) in [5, 5.41) is 17.3. The quantitative estimate of drug-likeness (QED) is 0.387. The number of carboxylic acid groups (broad SMARTS) is 1. The third-order valence-electron chi connectivity index (χ3n) is 2.26. The lowest BCUT2D eigenvalue weighted by molar-refractivity contribution is -0.164. The van der Waals surface area contributed by atoms with Gasteiger partial charge in [-0.3, -0.25) is 9.69 Å². The maximum Gasteiger partial charge on any atom is 0.336 e. The van der Waals surface area contributed by atoms with E-state index in [1.54, 1.807) is 0 Å². The van der Waals surface area contributed by atoms with Crippen LogP contribution in [-0.2, 0) is 9.59 Å². The van der Waals surface area contributed by atoms with Crippen LogP contribution in [0.5, 0.6) is 0 Å². The van der Waals surface area contributed by atoms with E-state index in [-0.39, 0.29) is 11.5 Å². The van der Waals surface area contributed by atoms with Gasteiger partial charge in [-0.2, -0.15) is 0 Å². The van der Waals surface area contributed by atoms with Crippen molar-refractivity contribution in [2.24, 2.45) is 5.73 Å². The number of nitrogens with two attached hydrogens (primary N) is 1. The fourth-order valence-corrected chi connectivity index (χ4v) is 2.66. The molecule has 0 aromatic heterocycles. The van der Waals surface area contributed by atoms with Crippen molar-refractivity contribution in [1.82, 2.24) is 4.90 Å². The Kier molecular flexibility index (Phi) is 1.76. The lowest BCUT2D eigenvalue weighted by atomic mass is 9.89. The number of rotatable bonds is 1. The Labute approximate surface area is 83.4 Å². The molecular weight excluding hydrogens is 208 g/mol. The van der Waals surface area contributed by atoms with Crippen molar-refractivity contribution in [3.8, 4) is 0 Å². The normalized spacial score (nSPS) is 35.8. The van der Waals surface area contributed by atoms with Crippen molar-refractivity contribution in [2.45, 2.75) is 10.9 Å². The molecule has 2 rings (SSSR count). The molecule has 2 atom stereocenters. The Morgan fingerprint density at radius 2 is 2.43 bits per heavy atom. The molecule has 4 N–H and O–H groups in total. The summed E-state index contributed by atoms with van der Waals surface area (Å²) in [7, 11) is 0. The first kappa shape index (κ1) is 9.35. The molecule has 0 aromatic rings. The van der Waals surface area contributed by atoms with Crippen molar-refractivity contribution in [3.63, 3.8) is 0 Å². The summed E-state index contributed by atoms with van der Waals surface area (Å²) < 4.78 is 0. The molecule has 2 aliphatic rings. The minimum Gasteiger partial charge on any atom is -0.510 e. The molecule has 0 spiro atoms. The molecule has 14 heavy (non-hydrogen) atoms. The Morgan fingerprint density at radius 3 is 3.00 bits per heavy atom. The number of β-lactam (4-membered cyclic amide) rings is 1. The van der Waals surface area contributed by atoms with E-state index in [4.69, 9.17) is 15.9 Å². The van der Waals surface area contributed by atoms with Crippen LogP contribution in [0.25, 0.3) is 0 Å². The van der Waals surface area contributed by atoms with Gasteiger partial charge < -0.3 is 15.9 Å². The SMILES string of the molecule is NC1(C(=O)O)C(=O)N2C=C(O)CS[C@H]21. The monoisotopic (exact) mass is 216 g/mol. The number of thioether (sulfide) groups is 1. The van der Waals surface area contributed by atoms with E-state index in [0.717, 1.165) is 16.7 Å². The molecule has 76 valence electrons. The second-order valence-corrected chi connectivity index (χ2v) is 4.24. The van der Waals surface area contributed by atoms with Crippen molar-refractivity contribution in [1.29, 1.82) is 0 Å². The molecule has 1 saturated heterocycles. The van der Waals surface area contributed by atoms with Crippen molar-refractivity contribution >= 4 is 23.6 Å². The number of amides is 1. The average Bonchev–Trinajstić information content (AvgIpc) is 2.15. The molecule has 0 saturated carbocycles. The highest BCUT2D eigenvalue weighted by atomic mass is 32.2. The predicted octanol–water partition coefficient (Wildman–Crippen LogP) is -0.917. The second kappa shape index (κ2) is 2.64. The summed E-state index contributed by atoms with van der Waals surface area (Å²) in [6.07, 6.45) is 1.23. The van der Waals surface area contributed by atoms with Crippen LogP contribution in [0.1, 0.15) is 0 Å². The number of fused-ring (bicyclic) bond motifs is 1. The van der Waals surface area contributed by atoms with Gasteiger partial charge >= 0.3 is 5.97 Å². The highest BCUT2D eigenvalue weighted by Crippen LogP contribution is 2.41. The number of carboxylic acids is 1. The van der Waals surface area contributed by atoms with E-state index >= 15 is 0 Å². The zero-order chi connectivity index (χ0) is 10.5. The van der Waals surface area contributed by atoms with Crippen molar-refractivity contribution in [3.05, 3.63) is 12.0 Å². The Hall–Kier alpha value is -1.21. The first-order valence-electron chi connectivity index (χ1n) is 3.84. The summed E-state index contributed by atoms with van der Waals surface area (Å²) in [4.78, 5) is 23.3. The minimum absolute atomic E-state index is 0.0482. The molecule has 0 radical (unpaired) electrons. The van der Waals surface area contributed by atoms with E-state index in [0.29, 0.717) is 0 Å². The summed E-state index contributed by atoms with van der Waals surface area (Å²) in [6, 6.07) is 0. The number of nitrogens with zero attached hydrogens (tertiary/aromatic N) is 1. The van der Waals surface area contributed by atoms with E-state index in [1.807, 2.05) is 0 Å². The summed E-state index contributed by atoms with van der Waals surface area (Å²) >= 11 is 1.14. The highest BCUT2D eigenvalue weighted by Gasteiger charge is 2.64. The lowest BCUT2D eigenvalue weighted by Gasteiger charge is -2.50. The van der Waals surface area contributed by atoms with Gasteiger partial charge in [0.2, 0.25) is 5.54 Å². The summed E-state index contributed by atoms with van der Waals surface area (Å²) in [5.74, 6) is -1.69. The molecule has 0 bridgehead atoms. The Balaban J connectivity index is 2.31. The van der Waals surface area contributed by atoms with Gasteiger partial charge in [-0.1, -0.05) is 0 Å². The van der Waals surface area contributed by atoms with Gasteiger partial charge in [0.15, 0.2) is 0 Å². The fraction of sp³-hybridized carbons (Fsp3) is 0.429. The van der Waals surface area contributed by atoms with Gasteiger partial charge in [-0.25, -0.2) is 4.79 Å². The molecule has 6 nitrogen and oxygen atoms in total. The molecule has 2 aliphatic heterocycles. The topological polar surface area (TPSA) is 104 Å². The third-order valence-corrected chi connectivity index (χ3v) is 3.64. The largest absolute Gasteiger partial charge is 0.510 e. The molecule has 0 aromatic carbocycles. The fourth-order valence-electron chi connectivity index (χ4n) is 1.48. The van der Waals surface area contributed by atoms with Crippen molar-refractivity contribution < 1.29 is 19.8 Å². The zero-order valence-electron chi connectivity index (χ0n) is 7.01. The molecule has 1 unspecified atom stereocenters. The zero-order valence-corrected chi connectivity index (χ0v) is 7.82. The van der Waals surface area contributed by atoms with Gasteiger partial charge in [0.25, 0.3) is 5.91 Å². The van der Waals surface area contributed by atoms with Gasteiger partial charge in [0.1, 0.15) is 11.1 Å². The Bertz CT molecular complexity index is 356. The number of aliphatic carboxylic acids is 1. The number of carbonyl (C=O) groups is 2. The highest BCUT2D eigenvalue weighted by molar-refractivity contribution is 8.00. The van der Waals surface area contributed by atoms with Gasteiger partial charge in [0, 0.05) is 6.20 Å². The van der Waals surface area contributed by atoms with Crippen LogP contribution in [0.15, 0.2) is 12.0 Å². The van der Waals surface area contributed by atoms with E-state index in [9.17, 15) is 9.59 Å². The van der Waals surface area contributed by atoms with E-state index in [1.165, 1.54) is 6.20 Å². The average molecular weight is 216 g/mol. The van der Waals surface area contributed by atoms with Crippen LogP contribution in [0.3, 0.4) is 0 Å². The number of hydrogen-bond acceptors (Lipinski definition) is 5. The van der Waals surface area contributed by atoms with E-state index in [2.05, 4.69) is 0 Å². The number of carbonyl (C=O) groups excluding carboxylic acids is 1. The molecule has 0 aliphatic carbocycles. The van der Waals surface area contributed by atoms with Gasteiger partial charge in [-0.15, -0.1) is 11.8 Å². The molecular formula is C7H8N2O4S. The van der Waals surface area contributed by atoms with E-state index < -0.39 is 22.8 Å². The van der Waals surface area contributed by atoms with Crippen LogP contribution < -0.4 is 5.73 Å². The van der Waals surface area contributed by atoms with Crippen LogP contribution in [0.2, 0.25) is 0 Å². The maximum atomic E-state index is 11.4. The van der Waals surface area contributed by atoms with Crippen molar-refractivity contribution in [2.75, 3.05) is 5.75 Å². The lowest BCUT2D eigenvalue weighted by Crippen LogP contribution is -2.79. The molecule has 1 fully saturated rings. The standard InChI is InChI=1S/C7H8N2O4S/c8-7(6(12)13)4(11)9-1-3(10)2-14-5(7)9/h1,5,10H,2,8H2,(H,12,13)/t5-,7?/m0/s1. The number of aliphatic hydroxyl groups excluding tert-OH is 1. The van der Waals surface area contributed by atoms with Crippen LogP contribution >= 0.6 is 11.8 Å². The smallest absolute Gasteiger partial charge is 0.336 e. The third kappa shape index (κ3) is 0.906. The first-order valence-corrected chi connectivity index (χ1v) is 4.89. The maximum absolute atomic E-state index is 11.4. The van der Waals surface area contributed by atoms with Gasteiger partial charge in [0.05, 0.1) is 5.75 Å².